The lowest BCUT2D eigenvalue weighted by Gasteiger charge is -2.09. The summed E-state index contributed by atoms with van der Waals surface area (Å²) in [4.78, 5) is 16.4. The van der Waals surface area contributed by atoms with Crippen LogP contribution in [0.15, 0.2) is 29.6 Å². The van der Waals surface area contributed by atoms with E-state index in [1.807, 2.05) is 31.2 Å². The van der Waals surface area contributed by atoms with E-state index in [-0.39, 0.29) is 12.0 Å². The van der Waals surface area contributed by atoms with Gasteiger partial charge in [-0.15, -0.1) is 11.3 Å². The number of nitrogens with one attached hydrogen (secondary N) is 1. The van der Waals surface area contributed by atoms with E-state index in [0.29, 0.717) is 18.8 Å². The zero-order valence-corrected chi connectivity index (χ0v) is 13.9. The first-order valence-electron chi connectivity index (χ1n) is 7.74. The van der Waals surface area contributed by atoms with Crippen LogP contribution in [0.2, 0.25) is 0 Å². The van der Waals surface area contributed by atoms with Crippen molar-refractivity contribution in [3.05, 3.63) is 45.9 Å². The van der Waals surface area contributed by atoms with Crippen molar-refractivity contribution in [3.63, 3.8) is 0 Å². The van der Waals surface area contributed by atoms with Crippen LogP contribution in [0.1, 0.15) is 33.9 Å². The van der Waals surface area contributed by atoms with Gasteiger partial charge in [0.15, 0.2) is 0 Å². The summed E-state index contributed by atoms with van der Waals surface area (Å²) < 4.78 is 11.2. The molecule has 0 spiro atoms. The van der Waals surface area contributed by atoms with Gasteiger partial charge in [-0.25, -0.2) is 4.98 Å². The molecule has 0 radical (unpaired) electrons. The first-order chi connectivity index (χ1) is 11.2. The van der Waals surface area contributed by atoms with Gasteiger partial charge < -0.3 is 14.8 Å². The van der Waals surface area contributed by atoms with Crippen LogP contribution in [-0.2, 0) is 11.3 Å². The minimum atomic E-state index is -0.154. The van der Waals surface area contributed by atoms with Crippen molar-refractivity contribution < 1.29 is 14.3 Å². The molecule has 2 heterocycles. The Morgan fingerprint density at radius 2 is 2.26 bits per heavy atom. The number of hydrogen-bond acceptors (Lipinski definition) is 5. The van der Waals surface area contributed by atoms with E-state index in [4.69, 9.17) is 9.47 Å². The Labute approximate surface area is 139 Å². The van der Waals surface area contributed by atoms with Gasteiger partial charge in [0.25, 0.3) is 5.91 Å². The quantitative estimate of drug-likeness (QED) is 0.883. The van der Waals surface area contributed by atoms with E-state index in [2.05, 4.69) is 10.3 Å². The average Bonchev–Trinajstić information content (AvgIpc) is 3.24. The van der Waals surface area contributed by atoms with Crippen LogP contribution in [0.25, 0.3) is 0 Å². The summed E-state index contributed by atoms with van der Waals surface area (Å²) in [7, 11) is 0. The van der Waals surface area contributed by atoms with E-state index >= 15 is 0 Å². The number of amides is 1. The fourth-order valence-corrected chi connectivity index (χ4v) is 3.05. The summed E-state index contributed by atoms with van der Waals surface area (Å²) in [5, 5.41) is 5.42. The van der Waals surface area contributed by atoms with Gasteiger partial charge in [0.2, 0.25) is 0 Å². The maximum Gasteiger partial charge on any atom is 0.270 e. The number of aromatic nitrogens is 1. The fourth-order valence-electron chi connectivity index (χ4n) is 2.36. The molecule has 5 nitrogen and oxygen atoms in total. The molecular weight excluding hydrogens is 312 g/mol. The highest BCUT2D eigenvalue weighted by atomic mass is 32.1. The zero-order valence-electron chi connectivity index (χ0n) is 13.1. The van der Waals surface area contributed by atoms with Crippen LogP contribution in [-0.4, -0.2) is 30.1 Å². The van der Waals surface area contributed by atoms with Gasteiger partial charge >= 0.3 is 0 Å². The molecular formula is C17H20N2O3S. The summed E-state index contributed by atoms with van der Waals surface area (Å²) in [6.45, 7) is 3.74. The number of carbonyl (C=O) groups excluding carboxylic acids is 1. The molecule has 0 saturated carbocycles. The molecule has 0 unspecified atom stereocenters. The fraction of sp³-hybridized carbons (Fsp3) is 0.412. The maximum absolute atomic E-state index is 12.1. The number of carbonyl (C=O) groups is 1. The van der Waals surface area contributed by atoms with Crippen molar-refractivity contribution in [1.29, 1.82) is 0 Å². The van der Waals surface area contributed by atoms with E-state index in [1.54, 1.807) is 5.38 Å². The second kappa shape index (κ2) is 7.57. The Balaban J connectivity index is 1.48. The maximum atomic E-state index is 12.1. The number of ether oxygens (including phenoxy) is 2. The Bertz CT molecular complexity index is 648. The second-order valence-electron chi connectivity index (χ2n) is 5.57. The highest BCUT2D eigenvalue weighted by molar-refractivity contribution is 7.09. The van der Waals surface area contributed by atoms with Crippen molar-refractivity contribution in [2.75, 3.05) is 13.2 Å². The van der Waals surface area contributed by atoms with Crippen molar-refractivity contribution >= 4 is 17.2 Å². The van der Waals surface area contributed by atoms with E-state index in [1.165, 1.54) is 16.9 Å². The molecule has 23 heavy (non-hydrogen) atoms. The van der Waals surface area contributed by atoms with Gasteiger partial charge in [-0.2, -0.15) is 0 Å². The summed E-state index contributed by atoms with van der Waals surface area (Å²) in [6, 6.07) is 7.86. The van der Waals surface area contributed by atoms with Crippen LogP contribution in [0, 0.1) is 6.92 Å². The average molecular weight is 332 g/mol. The zero-order chi connectivity index (χ0) is 16.1. The van der Waals surface area contributed by atoms with Gasteiger partial charge in [0, 0.05) is 18.5 Å². The Kier molecular flexibility index (Phi) is 5.25. The predicted octanol–water partition coefficient (Wildman–Crippen LogP) is 2.94. The lowest BCUT2D eigenvalue weighted by atomic mass is 10.2. The lowest BCUT2D eigenvalue weighted by Crippen LogP contribution is -2.31. The molecule has 1 fully saturated rings. The highest BCUT2D eigenvalue weighted by Gasteiger charge is 2.17. The standard InChI is InChI=1S/C17H20N2O3S/c1-12-4-6-13(7-5-12)22-10-16-19-15(11-23-16)17(20)18-9-14-3-2-8-21-14/h4-7,11,14H,2-3,8-10H2,1H3,(H,18,20)/t14-/m0/s1. The number of aryl methyl sites for hydroxylation is 1. The lowest BCUT2D eigenvalue weighted by molar-refractivity contribution is 0.0854. The molecule has 3 rings (SSSR count). The van der Waals surface area contributed by atoms with E-state index in [9.17, 15) is 4.79 Å². The molecule has 1 atom stereocenters. The normalized spacial score (nSPS) is 17.2. The number of rotatable bonds is 6. The molecule has 2 aromatic rings. The smallest absolute Gasteiger partial charge is 0.270 e. The number of nitrogens with zero attached hydrogens (tertiary/aromatic N) is 1. The van der Waals surface area contributed by atoms with Crippen molar-refractivity contribution in [2.24, 2.45) is 0 Å². The summed E-state index contributed by atoms with van der Waals surface area (Å²) in [5.41, 5.74) is 1.63. The third-order valence-electron chi connectivity index (χ3n) is 3.68. The molecule has 6 heteroatoms. The third-order valence-corrected chi connectivity index (χ3v) is 4.50. The summed E-state index contributed by atoms with van der Waals surface area (Å²) >= 11 is 1.43. The summed E-state index contributed by atoms with van der Waals surface area (Å²) in [5.74, 6) is 0.647. The molecule has 1 aromatic heterocycles. The molecule has 0 aliphatic carbocycles. The van der Waals surface area contributed by atoms with Crippen LogP contribution >= 0.6 is 11.3 Å². The van der Waals surface area contributed by atoms with Gasteiger partial charge in [-0.3, -0.25) is 4.79 Å². The van der Waals surface area contributed by atoms with Gasteiger partial charge in [0.1, 0.15) is 23.1 Å². The van der Waals surface area contributed by atoms with Crippen LogP contribution < -0.4 is 10.1 Å². The minimum Gasteiger partial charge on any atom is -0.486 e. The molecule has 1 aromatic carbocycles. The minimum absolute atomic E-state index is 0.141. The summed E-state index contributed by atoms with van der Waals surface area (Å²) in [6.07, 6.45) is 2.21. The molecule has 122 valence electrons. The van der Waals surface area contributed by atoms with Crippen LogP contribution in [0.3, 0.4) is 0 Å². The van der Waals surface area contributed by atoms with Crippen LogP contribution in [0.4, 0.5) is 0 Å². The Morgan fingerprint density at radius 1 is 1.43 bits per heavy atom. The molecule has 1 amide bonds. The first kappa shape index (κ1) is 16.0. The second-order valence-corrected chi connectivity index (χ2v) is 6.52. The SMILES string of the molecule is Cc1ccc(OCc2nc(C(=O)NC[C@@H]3CCCO3)cs2)cc1. The van der Waals surface area contributed by atoms with Crippen molar-refractivity contribution in [1.82, 2.24) is 10.3 Å². The first-order valence-corrected chi connectivity index (χ1v) is 8.62. The van der Waals surface area contributed by atoms with Gasteiger partial charge in [-0.1, -0.05) is 17.7 Å². The topological polar surface area (TPSA) is 60.5 Å². The van der Waals surface area contributed by atoms with Gasteiger partial charge in [-0.05, 0) is 31.9 Å². The molecule has 0 bridgehead atoms. The number of hydrogen-bond donors (Lipinski definition) is 1. The number of benzene rings is 1. The van der Waals surface area contributed by atoms with Crippen LogP contribution in [0.5, 0.6) is 5.75 Å². The molecule has 1 aliphatic rings. The number of thiazole rings is 1. The third kappa shape index (κ3) is 4.53. The highest BCUT2D eigenvalue weighted by Crippen LogP contribution is 2.16. The monoisotopic (exact) mass is 332 g/mol. The molecule has 1 aliphatic heterocycles. The van der Waals surface area contributed by atoms with Crippen molar-refractivity contribution in [2.45, 2.75) is 32.5 Å². The largest absolute Gasteiger partial charge is 0.486 e. The van der Waals surface area contributed by atoms with Crippen molar-refractivity contribution in [3.8, 4) is 5.75 Å². The van der Waals surface area contributed by atoms with E-state index in [0.717, 1.165) is 30.2 Å². The Morgan fingerprint density at radius 3 is 3.00 bits per heavy atom. The molecule has 1 saturated heterocycles. The van der Waals surface area contributed by atoms with E-state index < -0.39 is 0 Å². The molecule has 1 N–H and O–H groups in total. The Hall–Kier alpha value is -1.92. The van der Waals surface area contributed by atoms with Gasteiger partial charge in [0.05, 0.1) is 6.10 Å². The predicted molar refractivity (Wildman–Crippen MR) is 88.9 cm³/mol.